The molecule has 64 valence electrons. The van der Waals surface area contributed by atoms with Crippen LogP contribution in [0.5, 0.6) is 0 Å². The van der Waals surface area contributed by atoms with Crippen molar-refractivity contribution in [1.29, 1.82) is 0 Å². The third kappa shape index (κ3) is 1.59. The van der Waals surface area contributed by atoms with Gasteiger partial charge in [0.25, 0.3) is 0 Å². The summed E-state index contributed by atoms with van der Waals surface area (Å²) >= 11 is 0. The SMILES string of the molecule is CCS(=O)(=O)N1CC(C=O)C1. The van der Waals surface area contributed by atoms with Crippen LogP contribution in [0.2, 0.25) is 0 Å². The number of sulfonamides is 1. The van der Waals surface area contributed by atoms with E-state index >= 15 is 0 Å². The first kappa shape index (κ1) is 8.67. The second-order valence-electron chi connectivity index (χ2n) is 2.61. The van der Waals surface area contributed by atoms with Gasteiger partial charge in [0.1, 0.15) is 6.29 Å². The van der Waals surface area contributed by atoms with E-state index in [1.54, 1.807) is 6.92 Å². The second-order valence-corrected chi connectivity index (χ2v) is 4.87. The molecule has 0 amide bonds. The van der Waals surface area contributed by atoms with E-state index < -0.39 is 10.0 Å². The largest absolute Gasteiger partial charge is 0.303 e. The number of aldehydes is 1. The fraction of sp³-hybridized carbons (Fsp3) is 0.833. The molecular weight excluding hydrogens is 166 g/mol. The van der Waals surface area contributed by atoms with Crippen LogP contribution in [0.3, 0.4) is 0 Å². The second kappa shape index (κ2) is 2.91. The van der Waals surface area contributed by atoms with Gasteiger partial charge in [-0.1, -0.05) is 0 Å². The molecule has 0 aliphatic carbocycles. The van der Waals surface area contributed by atoms with Crippen LogP contribution in [0.25, 0.3) is 0 Å². The van der Waals surface area contributed by atoms with Gasteiger partial charge in [-0.15, -0.1) is 0 Å². The molecule has 1 rings (SSSR count). The molecule has 5 heteroatoms. The summed E-state index contributed by atoms with van der Waals surface area (Å²) < 4.78 is 23.4. The predicted octanol–water partition coefficient (Wildman–Crippen LogP) is -0.533. The van der Waals surface area contributed by atoms with Gasteiger partial charge in [0.2, 0.25) is 10.0 Å². The quantitative estimate of drug-likeness (QED) is 0.544. The van der Waals surface area contributed by atoms with Crippen LogP contribution in [-0.4, -0.2) is 37.9 Å². The highest BCUT2D eigenvalue weighted by molar-refractivity contribution is 7.89. The van der Waals surface area contributed by atoms with Crippen molar-refractivity contribution < 1.29 is 13.2 Å². The van der Waals surface area contributed by atoms with Gasteiger partial charge in [-0.05, 0) is 6.92 Å². The van der Waals surface area contributed by atoms with E-state index in [1.165, 1.54) is 4.31 Å². The molecule has 0 radical (unpaired) electrons. The van der Waals surface area contributed by atoms with Crippen LogP contribution in [0.1, 0.15) is 6.92 Å². The van der Waals surface area contributed by atoms with E-state index in [9.17, 15) is 13.2 Å². The lowest BCUT2D eigenvalue weighted by atomic mass is 10.1. The normalized spacial score (nSPS) is 21.2. The first-order valence-corrected chi connectivity index (χ1v) is 5.14. The Hall–Kier alpha value is -0.420. The van der Waals surface area contributed by atoms with Crippen molar-refractivity contribution in [1.82, 2.24) is 4.31 Å². The Kier molecular flexibility index (Phi) is 2.29. The number of carbonyl (C=O) groups excluding carboxylic acids is 1. The average Bonchev–Trinajstić information content (AvgIpc) is 1.85. The summed E-state index contributed by atoms with van der Waals surface area (Å²) in [6.07, 6.45) is 0.807. The van der Waals surface area contributed by atoms with Gasteiger partial charge in [0, 0.05) is 19.0 Å². The van der Waals surface area contributed by atoms with Crippen LogP contribution < -0.4 is 0 Å². The zero-order chi connectivity index (χ0) is 8.48. The molecule has 4 nitrogen and oxygen atoms in total. The summed E-state index contributed by atoms with van der Waals surface area (Å²) in [5.74, 6) is 0.0507. The number of carbonyl (C=O) groups is 1. The van der Waals surface area contributed by atoms with Crippen LogP contribution in [-0.2, 0) is 14.8 Å². The molecule has 11 heavy (non-hydrogen) atoms. The van der Waals surface area contributed by atoms with Crippen LogP contribution in [0.4, 0.5) is 0 Å². The molecule has 0 spiro atoms. The first-order valence-electron chi connectivity index (χ1n) is 3.53. The van der Waals surface area contributed by atoms with E-state index in [2.05, 4.69) is 0 Å². The molecule has 0 aromatic heterocycles. The fourth-order valence-electron chi connectivity index (χ4n) is 0.965. The van der Waals surface area contributed by atoms with Crippen molar-refractivity contribution >= 4 is 16.3 Å². The molecule has 1 aliphatic rings. The van der Waals surface area contributed by atoms with Crippen LogP contribution in [0, 0.1) is 5.92 Å². The van der Waals surface area contributed by atoms with E-state index in [1.807, 2.05) is 0 Å². The minimum absolute atomic E-state index is 0.0728. The molecule has 0 aromatic rings. The van der Waals surface area contributed by atoms with Crippen molar-refractivity contribution in [2.24, 2.45) is 5.92 Å². The topological polar surface area (TPSA) is 54.5 Å². The lowest BCUT2D eigenvalue weighted by molar-refractivity contribution is -0.113. The van der Waals surface area contributed by atoms with Gasteiger partial charge >= 0.3 is 0 Å². The number of rotatable bonds is 3. The van der Waals surface area contributed by atoms with Crippen molar-refractivity contribution in [3.05, 3.63) is 0 Å². The summed E-state index contributed by atoms with van der Waals surface area (Å²) in [5.41, 5.74) is 0. The van der Waals surface area contributed by atoms with Gasteiger partial charge in [0.05, 0.1) is 5.75 Å². The maximum Gasteiger partial charge on any atom is 0.213 e. The maximum atomic E-state index is 11.1. The molecule has 1 aliphatic heterocycles. The molecule has 0 saturated carbocycles. The smallest absolute Gasteiger partial charge is 0.213 e. The lowest BCUT2D eigenvalue weighted by Crippen LogP contribution is -2.50. The Morgan fingerprint density at radius 2 is 2.09 bits per heavy atom. The Balaban J connectivity index is 2.50. The third-order valence-corrected chi connectivity index (χ3v) is 3.64. The summed E-state index contributed by atoms with van der Waals surface area (Å²) in [4.78, 5) is 10.1. The highest BCUT2D eigenvalue weighted by atomic mass is 32.2. The molecule has 0 bridgehead atoms. The maximum absolute atomic E-state index is 11.1. The van der Waals surface area contributed by atoms with E-state index in [-0.39, 0.29) is 11.7 Å². The van der Waals surface area contributed by atoms with Gasteiger partial charge in [-0.2, -0.15) is 0 Å². The van der Waals surface area contributed by atoms with E-state index in [4.69, 9.17) is 0 Å². The Morgan fingerprint density at radius 3 is 2.45 bits per heavy atom. The molecule has 1 fully saturated rings. The predicted molar refractivity (Wildman–Crippen MR) is 40.6 cm³/mol. The Morgan fingerprint density at radius 1 is 1.55 bits per heavy atom. The minimum atomic E-state index is -3.03. The monoisotopic (exact) mass is 177 g/mol. The molecule has 1 saturated heterocycles. The van der Waals surface area contributed by atoms with Gasteiger partial charge < -0.3 is 4.79 Å². The molecular formula is C6H11NO3S. The highest BCUT2D eigenvalue weighted by Gasteiger charge is 2.33. The number of hydrogen-bond donors (Lipinski definition) is 0. The van der Waals surface area contributed by atoms with Gasteiger partial charge in [-0.25, -0.2) is 12.7 Å². The molecule has 0 aromatic carbocycles. The Labute approximate surface area is 66.2 Å². The van der Waals surface area contributed by atoms with Gasteiger partial charge in [0.15, 0.2) is 0 Å². The number of nitrogens with zero attached hydrogens (tertiary/aromatic N) is 1. The van der Waals surface area contributed by atoms with E-state index in [0.29, 0.717) is 13.1 Å². The lowest BCUT2D eigenvalue weighted by Gasteiger charge is -2.34. The summed E-state index contributed by atoms with van der Waals surface area (Å²) in [5, 5.41) is 0. The van der Waals surface area contributed by atoms with Crippen molar-refractivity contribution in [2.75, 3.05) is 18.8 Å². The third-order valence-electron chi connectivity index (χ3n) is 1.83. The first-order chi connectivity index (χ1) is 5.10. The standard InChI is InChI=1S/C6H11NO3S/c1-2-11(9,10)7-3-6(4-7)5-8/h5-6H,2-4H2,1H3. The highest BCUT2D eigenvalue weighted by Crippen LogP contribution is 2.17. The van der Waals surface area contributed by atoms with Crippen molar-refractivity contribution in [3.63, 3.8) is 0 Å². The van der Waals surface area contributed by atoms with Crippen LogP contribution in [0.15, 0.2) is 0 Å². The summed E-state index contributed by atoms with van der Waals surface area (Å²) in [6.45, 7) is 2.35. The molecule has 1 heterocycles. The van der Waals surface area contributed by atoms with Crippen molar-refractivity contribution in [3.8, 4) is 0 Å². The van der Waals surface area contributed by atoms with E-state index in [0.717, 1.165) is 6.29 Å². The minimum Gasteiger partial charge on any atom is -0.303 e. The zero-order valence-electron chi connectivity index (χ0n) is 6.36. The summed E-state index contributed by atoms with van der Waals surface area (Å²) in [6, 6.07) is 0. The zero-order valence-corrected chi connectivity index (χ0v) is 7.17. The average molecular weight is 177 g/mol. The summed E-state index contributed by atoms with van der Waals surface area (Å²) in [7, 11) is -3.03. The van der Waals surface area contributed by atoms with Crippen molar-refractivity contribution in [2.45, 2.75) is 6.92 Å². The van der Waals surface area contributed by atoms with Crippen LogP contribution >= 0.6 is 0 Å². The fourth-order valence-corrected chi connectivity index (χ4v) is 2.17. The Bertz CT molecular complexity index is 241. The molecule has 0 atom stereocenters. The molecule has 0 N–H and O–H groups in total. The number of hydrogen-bond acceptors (Lipinski definition) is 3. The molecule has 0 unspecified atom stereocenters. The van der Waals surface area contributed by atoms with Gasteiger partial charge in [-0.3, -0.25) is 0 Å².